The minimum atomic E-state index is -0.321. The summed E-state index contributed by atoms with van der Waals surface area (Å²) >= 11 is 0. The first-order valence-corrected chi connectivity index (χ1v) is 8.21. The van der Waals surface area contributed by atoms with E-state index in [0.29, 0.717) is 18.4 Å². The van der Waals surface area contributed by atoms with Crippen molar-refractivity contribution in [3.8, 4) is 0 Å². The van der Waals surface area contributed by atoms with Gasteiger partial charge in [0.25, 0.3) is 0 Å². The van der Waals surface area contributed by atoms with Crippen molar-refractivity contribution in [2.45, 2.75) is 57.9 Å². The van der Waals surface area contributed by atoms with Crippen LogP contribution in [-0.4, -0.2) is 36.0 Å². The molecule has 0 N–H and O–H groups in total. The van der Waals surface area contributed by atoms with Gasteiger partial charge in [0.1, 0.15) is 6.04 Å². The quantitative estimate of drug-likeness (QED) is 0.745. The van der Waals surface area contributed by atoms with Gasteiger partial charge in [-0.25, -0.2) is 4.79 Å². The Hall–Kier alpha value is -1.06. The van der Waals surface area contributed by atoms with Gasteiger partial charge >= 0.3 is 5.97 Å². The Bertz CT molecular complexity index is 383. The van der Waals surface area contributed by atoms with Crippen LogP contribution in [-0.2, 0) is 14.3 Å². The van der Waals surface area contributed by atoms with Crippen LogP contribution in [0.15, 0.2) is 0 Å². The van der Waals surface area contributed by atoms with Gasteiger partial charge in [0.15, 0.2) is 0 Å². The molecule has 0 bridgehead atoms. The molecule has 1 saturated heterocycles. The van der Waals surface area contributed by atoms with Crippen LogP contribution in [0.2, 0.25) is 0 Å². The molecule has 3 unspecified atom stereocenters. The molecule has 4 nitrogen and oxygen atoms in total. The van der Waals surface area contributed by atoms with Gasteiger partial charge in [-0.3, -0.25) is 4.79 Å². The topological polar surface area (TPSA) is 46.6 Å². The van der Waals surface area contributed by atoms with Gasteiger partial charge in [0.2, 0.25) is 5.91 Å². The van der Waals surface area contributed by atoms with Crippen molar-refractivity contribution in [3.63, 3.8) is 0 Å². The zero-order chi connectivity index (χ0) is 14.1. The number of ether oxygens (including phenoxy) is 1. The monoisotopic (exact) mass is 279 g/mol. The number of piperidine rings is 1. The van der Waals surface area contributed by atoms with Crippen LogP contribution in [0.25, 0.3) is 0 Å². The van der Waals surface area contributed by atoms with Crippen molar-refractivity contribution < 1.29 is 14.3 Å². The van der Waals surface area contributed by atoms with E-state index in [1.165, 1.54) is 25.7 Å². The lowest BCUT2D eigenvalue weighted by Crippen LogP contribution is -2.49. The van der Waals surface area contributed by atoms with Crippen molar-refractivity contribution >= 4 is 11.9 Å². The van der Waals surface area contributed by atoms with Crippen LogP contribution in [0.5, 0.6) is 0 Å². The molecule has 3 atom stereocenters. The number of hydrogen-bond acceptors (Lipinski definition) is 3. The summed E-state index contributed by atoms with van der Waals surface area (Å²) in [5.74, 6) is 1.47. The van der Waals surface area contributed by atoms with Crippen LogP contribution < -0.4 is 0 Å². The van der Waals surface area contributed by atoms with Gasteiger partial charge in [-0.15, -0.1) is 0 Å². The van der Waals surface area contributed by atoms with Crippen molar-refractivity contribution in [2.24, 2.45) is 17.8 Å². The lowest BCUT2D eigenvalue weighted by molar-refractivity contribution is -0.157. The molecule has 3 fully saturated rings. The molecule has 112 valence electrons. The summed E-state index contributed by atoms with van der Waals surface area (Å²) in [7, 11) is 0. The standard InChI is InChI=1S/C16H25NO3/c1-2-20-16(19)13-9-5-6-10-17(13)15(18)14-11-7-3-4-8-12(11)14/h11-14H,2-10H2,1H3. The first-order chi connectivity index (χ1) is 9.74. The molecule has 0 aromatic heterocycles. The second-order valence-electron chi connectivity index (χ2n) is 6.43. The maximum absolute atomic E-state index is 12.8. The summed E-state index contributed by atoms with van der Waals surface area (Å²) in [5.41, 5.74) is 0. The Morgan fingerprint density at radius 3 is 2.35 bits per heavy atom. The Balaban J connectivity index is 1.67. The van der Waals surface area contributed by atoms with Crippen molar-refractivity contribution in [1.82, 2.24) is 4.90 Å². The Kier molecular flexibility index (Phi) is 3.99. The predicted octanol–water partition coefficient (Wildman–Crippen LogP) is 2.37. The van der Waals surface area contributed by atoms with Gasteiger partial charge in [0, 0.05) is 12.5 Å². The summed E-state index contributed by atoms with van der Waals surface area (Å²) in [6.07, 6.45) is 7.76. The third kappa shape index (κ3) is 2.45. The molecule has 0 spiro atoms. The number of nitrogens with zero attached hydrogens (tertiary/aromatic N) is 1. The summed E-state index contributed by atoms with van der Waals surface area (Å²) in [5, 5.41) is 0. The highest BCUT2D eigenvalue weighted by atomic mass is 16.5. The number of likely N-dealkylation sites (tertiary alicyclic amines) is 1. The largest absolute Gasteiger partial charge is 0.464 e. The number of carbonyl (C=O) groups is 2. The number of esters is 1. The van der Waals surface area contributed by atoms with Gasteiger partial charge in [-0.1, -0.05) is 12.8 Å². The minimum Gasteiger partial charge on any atom is -0.464 e. The molecule has 0 radical (unpaired) electrons. The molecule has 4 heteroatoms. The number of amides is 1. The molecule has 0 aromatic carbocycles. The fourth-order valence-corrected chi connectivity index (χ4v) is 4.23. The molecule has 3 rings (SSSR count). The highest BCUT2D eigenvalue weighted by molar-refractivity contribution is 5.88. The van der Waals surface area contributed by atoms with Gasteiger partial charge in [-0.05, 0) is 50.9 Å². The van der Waals surface area contributed by atoms with Gasteiger partial charge in [0.05, 0.1) is 6.61 Å². The minimum absolute atomic E-state index is 0.204. The first-order valence-electron chi connectivity index (χ1n) is 8.21. The average molecular weight is 279 g/mol. The number of hydrogen-bond donors (Lipinski definition) is 0. The van der Waals surface area contributed by atoms with Crippen molar-refractivity contribution in [1.29, 1.82) is 0 Å². The zero-order valence-electron chi connectivity index (χ0n) is 12.3. The molecule has 2 saturated carbocycles. The number of carbonyl (C=O) groups excluding carboxylic acids is 2. The molecule has 0 aromatic rings. The molecule has 3 aliphatic rings. The van der Waals surface area contributed by atoms with Crippen LogP contribution >= 0.6 is 0 Å². The molecule has 20 heavy (non-hydrogen) atoms. The molecule has 1 heterocycles. The lowest BCUT2D eigenvalue weighted by atomic mass is 10.0. The van der Waals surface area contributed by atoms with Crippen LogP contribution in [0.1, 0.15) is 51.9 Å². The molecule has 2 aliphatic carbocycles. The van der Waals surface area contributed by atoms with E-state index in [9.17, 15) is 9.59 Å². The van der Waals surface area contributed by atoms with Crippen LogP contribution in [0.3, 0.4) is 0 Å². The van der Waals surface area contributed by atoms with E-state index in [1.807, 2.05) is 11.8 Å². The molecule has 1 aliphatic heterocycles. The summed E-state index contributed by atoms with van der Waals surface area (Å²) in [6, 6.07) is -0.321. The summed E-state index contributed by atoms with van der Waals surface area (Å²) < 4.78 is 5.15. The van der Waals surface area contributed by atoms with E-state index in [1.54, 1.807) is 0 Å². The lowest BCUT2D eigenvalue weighted by Gasteiger charge is -2.34. The third-order valence-corrected chi connectivity index (χ3v) is 5.29. The number of fused-ring (bicyclic) bond motifs is 1. The summed E-state index contributed by atoms with van der Waals surface area (Å²) in [4.78, 5) is 26.7. The molecular weight excluding hydrogens is 254 g/mol. The van der Waals surface area contributed by atoms with E-state index in [-0.39, 0.29) is 23.8 Å². The normalized spacial score (nSPS) is 36.1. The van der Waals surface area contributed by atoms with E-state index >= 15 is 0 Å². The van der Waals surface area contributed by atoms with Crippen molar-refractivity contribution in [2.75, 3.05) is 13.2 Å². The number of rotatable bonds is 3. The van der Waals surface area contributed by atoms with E-state index in [4.69, 9.17) is 4.74 Å². The Morgan fingerprint density at radius 1 is 1.05 bits per heavy atom. The second kappa shape index (κ2) is 5.74. The SMILES string of the molecule is CCOC(=O)C1CCCCN1C(=O)C1C2CCCCC21. The molecule has 1 amide bonds. The maximum atomic E-state index is 12.8. The van der Waals surface area contributed by atoms with Gasteiger partial charge < -0.3 is 9.64 Å². The van der Waals surface area contributed by atoms with Crippen molar-refractivity contribution in [3.05, 3.63) is 0 Å². The van der Waals surface area contributed by atoms with Crippen LogP contribution in [0, 0.1) is 17.8 Å². The van der Waals surface area contributed by atoms with E-state index in [2.05, 4.69) is 0 Å². The average Bonchev–Trinajstić information content (AvgIpc) is 3.21. The highest BCUT2D eigenvalue weighted by Crippen LogP contribution is 2.56. The highest BCUT2D eigenvalue weighted by Gasteiger charge is 2.56. The van der Waals surface area contributed by atoms with E-state index < -0.39 is 0 Å². The van der Waals surface area contributed by atoms with Gasteiger partial charge in [-0.2, -0.15) is 0 Å². The third-order valence-electron chi connectivity index (χ3n) is 5.29. The summed E-state index contributed by atoms with van der Waals surface area (Å²) in [6.45, 7) is 2.95. The Labute approximate surface area is 120 Å². The van der Waals surface area contributed by atoms with E-state index in [0.717, 1.165) is 25.8 Å². The fourth-order valence-electron chi connectivity index (χ4n) is 4.23. The van der Waals surface area contributed by atoms with Crippen LogP contribution in [0.4, 0.5) is 0 Å². The molecular formula is C16H25NO3. The fraction of sp³-hybridized carbons (Fsp3) is 0.875. The first kappa shape index (κ1) is 13.9. The zero-order valence-corrected chi connectivity index (χ0v) is 12.3. The predicted molar refractivity (Wildman–Crippen MR) is 74.9 cm³/mol. The Morgan fingerprint density at radius 2 is 1.70 bits per heavy atom. The second-order valence-corrected chi connectivity index (χ2v) is 6.43. The smallest absolute Gasteiger partial charge is 0.328 e. The maximum Gasteiger partial charge on any atom is 0.328 e.